The van der Waals surface area contributed by atoms with Gasteiger partial charge < -0.3 is 9.80 Å². The van der Waals surface area contributed by atoms with Crippen LogP contribution in [0.15, 0.2) is 12.2 Å². The first-order valence-electron chi connectivity index (χ1n) is 10.3. The van der Waals surface area contributed by atoms with Crippen molar-refractivity contribution in [1.82, 2.24) is 9.80 Å². The largest absolute Gasteiger partial charge is 0.342 e. The number of amides is 2. The van der Waals surface area contributed by atoms with Crippen molar-refractivity contribution in [2.75, 3.05) is 26.2 Å². The molecule has 142 valence electrons. The quantitative estimate of drug-likeness (QED) is 0.565. The summed E-state index contributed by atoms with van der Waals surface area (Å²) in [5.74, 6) is 0.660. The van der Waals surface area contributed by atoms with Gasteiger partial charge in [-0.2, -0.15) is 0 Å². The molecule has 4 nitrogen and oxygen atoms in total. The second-order valence-electron chi connectivity index (χ2n) is 7.65. The summed E-state index contributed by atoms with van der Waals surface area (Å²) in [6, 6.07) is 0. The van der Waals surface area contributed by atoms with Gasteiger partial charge in [0.1, 0.15) is 0 Å². The fourth-order valence-electron chi connectivity index (χ4n) is 4.66. The molecule has 1 saturated carbocycles. The monoisotopic (exact) mass is 348 g/mol. The van der Waals surface area contributed by atoms with E-state index in [0.717, 1.165) is 58.3 Å². The van der Waals surface area contributed by atoms with Crippen molar-refractivity contribution in [3.8, 4) is 0 Å². The van der Waals surface area contributed by atoms with Crippen molar-refractivity contribution in [1.29, 1.82) is 0 Å². The van der Waals surface area contributed by atoms with E-state index in [1.165, 1.54) is 0 Å². The van der Waals surface area contributed by atoms with Crippen molar-refractivity contribution in [3.63, 3.8) is 0 Å². The van der Waals surface area contributed by atoms with Crippen molar-refractivity contribution < 1.29 is 9.59 Å². The van der Waals surface area contributed by atoms with E-state index in [-0.39, 0.29) is 35.5 Å². The average Bonchev–Trinajstić information content (AvgIpc) is 3.21. The van der Waals surface area contributed by atoms with Gasteiger partial charge in [-0.15, -0.1) is 0 Å². The highest BCUT2D eigenvalue weighted by Gasteiger charge is 2.53. The van der Waals surface area contributed by atoms with E-state index in [9.17, 15) is 9.59 Å². The molecule has 0 aromatic heterocycles. The van der Waals surface area contributed by atoms with Gasteiger partial charge in [0.05, 0.1) is 11.8 Å². The molecule has 2 bridgehead atoms. The van der Waals surface area contributed by atoms with E-state index >= 15 is 0 Å². The molecule has 4 heteroatoms. The Hall–Kier alpha value is -1.32. The Labute approximate surface area is 153 Å². The van der Waals surface area contributed by atoms with Gasteiger partial charge in [0, 0.05) is 26.2 Å². The lowest BCUT2D eigenvalue weighted by atomic mass is 9.80. The van der Waals surface area contributed by atoms with Crippen LogP contribution >= 0.6 is 0 Å². The number of hydrogen-bond acceptors (Lipinski definition) is 2. The molecule has 0 aromatic rings. The van der Waals surface area contributed by atoms with E-state index < -0.39 is 0 Å². The fraction of sp³-hybridized carbons (Fsp3) is 0.810. The van der Waals surface area contributed by atoms with Gasteiger partial charge in [0.15, 0.2) is 0 Å². The highest BCUT2D eigenvalue weighted by molar-refractivity contribution is 5.90. The van der Waals surface area contributed by atoms with Crippen LogP contribution in [0, 0.1) is 23.7 Å². The molecule has 0 aliphatic heterocycles. The number of hydrogen-bond donors (Lipinski definition) is 0. The topological polar surface area (TPSA) is 40.6 Å². The summed E-state index contributed by atoms with van der Waals surface area (Å²) in [5.41, 5.74) is 0. The molecule has 2 amide bonds. The minimum absolute atomic E-state index is 0.142. The van der Waals surface area contributed by atoms with E-state index in [2.05, 4.69) is 39.8 Å². The Morgan fingerprint density at radius 3 is 1.32 bits per heavy atom. The molecule has 0 unspecified atom stereocenters. The standard InChI is InChI=1S/C21H36N2O2/c1-5-11-22(12-6-2)20(24)18-16-9-10-17(15-16)19(18)21(25)23(13-7-3)14-8-4/h9-10,16-19H,5-8,11-15H2,1-4H3/t16-,17+,18-,19-/m1/s1. The third-order valence-electron chi connectivity index (χ3n) is 5.63. The normalized spacial score (nSPS) is 26.9. The first kappa shape index (κ1) is 20.0. The van der Waals surface area contributed by atoms with Crippen LogP contribution in [0.2, 0.25) is 0 Å². The molecule has 0 spiro atoms. The lowest BCUT2D eigenvalue weighted by Gasteiger charge is -2.34. The van der Waals surface area contributed by atoms with Gasteiger partial charge in [-0.3, -0.25) is 9.59 Å². The maximum atomic E-state index is 13.3. The molecule has 25 heavy (non-hydrogen) atoms. The van der Waals surface area contributed by atoms with Crippen LogP contribution in [-0.4, -0.2) is 47.8 Å². The van der Waals surface area contributed by atoms with Gasteiger partial charge in [-0.1, -0.05) is 39.8 Å². The van der Waals surface area contributed by atoms with E-state index in [0.29, 0.717) is 0 Å². The summed E-state index contributed by atoms with van der Waals surface area (Å²) in [7, 11) is 0. The number of allylic oxidation sites excluding steroid dienone is 2. The lowest BCUT2D eigenvalue weighted by molar-refractivity contribution is -0.147. The van der Waals surface area contributed by atoms with Crippen LogP contribution in [0.5, 0.6) is 0 Å². The Morgan fingerprint density at radius 1 is 0.720 bits per heavy atom. The van der Waals surface area contributed by atoms with Gasteiger partial charge in [0.2, 0.25) is 11.8 Å². The summed E-state index contributed by atoms with van der Waals surface area (Å²) in [4.78, 5) is 30.6. The average molecular weight is 349 g/mol. The molecule has 0 radical (unpaired) electrons. The number of carbonyl (C=O) groups is 2. The van der Waals surface area contributed by atoms with Crippen LogP contribution in [0.25, 0.3) is 0 Å². The zero-order valence-electron chi connectivity index (χ0n) is 16.5. The molecule has 2 aliphatic carbocycles. The molecule has 0 saturated heterocycles. The molecule has 0 N–H and O–H groups in total. The van der Waals surface area contributed by atoms with E-state index in [1.807, 2.05) is 9.80 Å². The Kier molecular flexibility index (Phi) is 7.52. The van der Waals surface area contributed by atoms with Gasteiger partial charge in [0.25, 0.3) is 0 Å². The van der Waals surface area contributed by atoms with Gasteiger partial charge in [-0.25, -0.2) is 0 Å². The Bertz CT molecular complexity index is 434. The molecule has 2 aliphatic rings. The van der Waals surface area contributed by atoms with Crippen LogP contribution in [0.1, 0.15) is 59.8 Å². The van der Waals surface area contributed by atoms with Gasteiger partial charge >= 0.3 is 0 Å². The molecule has 2 rings (SSSR count). The van der Waals surface area contributed by atoms with Crippen molar-refractivity contribution >= 4 is 11.8 Å². The predicted octanol–water partition coefficient (Wildman–Crippen LogP) is 3.72. The zero-order chi connectivity index (χ0) is 18.4. The summed E-state index contributed by atoms with van der Waals surface area (Å²) < 4.78 is 0. The molecule has 0 heterocycles. The van der Waals surface area contributed by atoms with Crippen LogP contribution in [0.4, 0.5) is 0 Å². The minimum atomic E-state index is -0.142. The predicted molar refractivity (Wildman–Crippen MR) is 102 cm³/mol. The summed E-state index contributed by atoms with van der Waals surface area (Å²) >= 11 is 0. The fourth-order valence-corrected chi connectivity index (χ4v) is 4.66. The van der Waals surface area contributed by atoms with Crippen molar-refractivity contribution in [2.45, 2.75) is 59.8 Å². The third kappa shape index (κ3) is 4.27. The highest BCUT2D eigenvalue weighted by atomic mass is 16.2. The lowest BCUT2D eigenvalue weighted by Crippen LogP contribution is -2.47. The minimum Gasteiger partial charge on any atom is -0.342 e. The first-order valence-corrected chi connectivity index (χ1v) is 10.3. The number of fused-ring (bicyclic) bond motifs is 2. The first-order chi connectivity index (χ1) is 12.1. The van der Waals surface area contributed by atoms with E-state index in [1.54, 1.807) is 0 Å². The Balaban J connectivity index is 2.21. The van der Waals surface area contributed by atoms with Crippen LogP contribution < -0.4 is 0 Å². The van der Waals surface area contributed by atoms with Crippen LogP contribution in [-0.2, 0) is 9.59 Å². The SMILES string of the molecule is CCCN(CCC)C(=O)[C@H]1[C@H](C(=O)N(CCC)CCC)[C@H]2C=C[C@@H]1C2. The highest BCUT2D eigenvalue weighted by Crippen LogP contribution is 2.49. The molecule has 4 atom stereocenters. The number of carbonyl (C=O) groups excluding carboxylic acids is 2. The number of nitrogens with zero attached hydrogens (tertiary/aromatic N) is 2. The maximum absolute atomic E-state index is 13.3. The van der Waals surface area contributed by atoms with Crippen molar-refractivity contribution in [2.24, 2.45) is 23.7 Å². The summed E-state index contributed by atoms with van der Waals surface area (Å²) in [5, 5.41) is 0. The zero-order valence-corrected chi connectivity index (χ0v) is 16.5. The van der Waals surface area contributed by atoms with Gasteiger partial charge in [-0.05, 0) is 43.9 Å². The van der Waals surface area contributed by atoms with E-state index in [4.69, 9.17) is 0 Å². The molecular formula is C21H36N2O2. The smallest absolute Gasteiger partial charge is 0.227 e. The second kappa shape index (κ2) is 9.40. The second-order valence-corrected chi connectivity index (χ2v) is 7.65. The Morgan fingerprint density at radius 2 is 1.04 bits per heavy atom. The molecule has 1 fully saturated rings. The summed E-state index contributed by atoms with van der Waals surface area (Å²) in [6.07, 6.45) is 9.24. The number of rotatable bonds is 10. The van der Waals surface area contributed by atoms with Crippen molar-refractivity contribution in [3.05, 3.63) is 12.2 Å². The molecule has 0 aromatic carbocycles. The third-order valence-corrected chi connectivity index (χ3v) is 5.63. The van der Waals surface area contributed by atoms with Crippen LogP contribution in [0.3, 0.4) is 0 Å². The maximum Gasteiger partial charge on any atom is 0.227 e. The summed E-state index contributed by atoms with van der Waals surface area (Å²) in [6.45, 7) is 11.7. The molecular weight excluding hydrogens is 312 g/mol.